The fourth-order valence-electron chi connectivity index (χ4n) is 3.19. The summed E-state index contributed by atoms with van der Waals surface area (Å²) < 4.78 is 0.349. The third kappa shape index (κ3) is 8.08. The van der Waals surface area contributed by atoms with E-state index in [0.717, 1.165) is 30.8 Å². The van der Waals surface area contributed by atoms with Gasteiger partial charge < -0.3 is 5.11 Å². The van der Waals surface area contributed by atoms with Crippen LogP contribution in [0.5, 0.6) is 0 Å². The zero-order valence-corrected chi connectivity index (χ0v) is 20.6. The molecule has 1 aliphatic heterocycles. The normalized spacial score (nSPS) is 17.0. The Kier molecular flexibility index (Phi) is 11.4. The molecule has 1 fully saturated rings. The third-order valence-corrected chi connectivity index (χ3v) is 11.6. The van der Waals surface area contributed by atoms with Gasteiger partial charge in [-0.3, -0.25) is 4.79 Å². The van der Waals surface area contributed by atoms with Crippen LogP contribution in [0.2, 0.25) is 0 Å². The van der Waals surface area contributed by atoms with Crippen molar-refractivity contribution in [1.82, 2.24) is 0 Å². The van der Waals surface area contributed by atoms with Gasteiger partial charge >= 0.3 is 5.97 Å². The Morgan fingerprint density at radius 1 is 1.07 bits per heavy atom. The van der Waals surface area contributed by atoms with Gasteiger partial charge in [-0.1, -0.05) is 38.8 Å². The number of carboxylic acid groups (broad SMARTS) is 1. The summed E-state index contributed by atoms with van der Waals surface area (Å²) in [4.78, 5) is 23.9. The average Bonchev–Trinajstić information content (AvgIpc) is 2.73. The number of carbonyl (C=O) groups excluding carboxylic acids is 1. The number of ketones is 1. The number of carboxylic acids is 1. The first-order valence-electron chi connectivity index (χ1n) is 10.4. The Hall–Kier alpha value is -0.240. The topological polar surface area (TPSA) is 54.4 Å². The lowest BCUT2D eigenvalue weighted by molar-refractivity contribution is 0.0696. The molecule has 1 heterocycles. The summed E-state index contributed by atoms with van der Waals surface area (Å²) in [6, 6.07) is 6.34. The number of carbonyl (C=O) groups is 2. The average molecular weight is 473 g/mol. The molecule has 1 aliphatic rings. The predicted molar refractivity (Wildman–Crippen MR) is 133 cm³/mol. The number of aromatic carboxylic acids is 1. The Balaban J connectivity index is 1.82. The zero-order chi connectivity index (χ0) is 21.1. The Bertz CT molecular complexity index is 636. The van der Waals surface area contributed by atoms with E-state index in [1.165, 1.54) is 42.9 Å². The lowest BCUT2D eigenvalue weighted by atomic mass is 10.0. The van der Waals surface area contributed by atoms with Crippen molar-refractivity contribution < 1.29 is 14.7 Å². The summed E-state index contributed by atoms with van der Waals surface area (Å²) in [5.41, 5.74) is 0.838. The molecule has 1 aromatic carbocycles. The van der Waals surface area contributed by atoms with Crippen molar-refractivity contribution in [2.24, 2.45) is 0 Å². The van der Waals surface area contributed by atoms with Crippen LogP contribution in [-0.2, 0) is 0 Å². The van der Waals surface area contributed by atoms with Crippen molar-refractivity contribution in [3.63, 3.8) is 0 Å². The summed E-state index contributed by atoms with van der Waals surface area (Å²) in [6.45, 7) is 4.38. The third-order valence-electron chi connectivity index (χ3n) is 4.68. The van der Waals surface area contributed by atoms with Crippen molar-refractivity contribution in [1.29, 1.82) is 0 Å². The molecule has 1 saturated heterocycles. The van der Waals surface area contributed by atoms with Crippen molar-refractivity contribution in [2.45, 2.75) is 61.0 Å². The first-order valence-corrected chi connectivity index (χ1v) is 14.4. The molecule has 0 radical (unpaired) electrons. The maximum absolute atomic E-state index is 12.9. The highest BCUT2D eigenvalue weighted by Crippen LogP contribution is 2.53. The number of benzene rings is 1. The SMILES string of the molecule is CCCC(SCCCSC1(CCC)SCCCS1)C(=O)c1ccc(C(=O)O)cc1. The number of thioether (sulfide) groups is 4. The number of Topliss-reactive ketones (excluding diaryl/α,β-unsaturated/α-hetero) is 1. The quantitative estimate of drug-likeness (QED) is 0.247. The second-order valence-electron chi connectivity index (χ2n) is 7.08. The highest BCUT2D eigenvalue weighted by atomic mass is 32.3. The molecule has 2 rings (SSSR count). The monoisotopic (exact) mass is 472 g/mol. The van der Waals surface area contributed by atoms with Crippen LogP contribution in [0.4, 0.5) is 0 Å². The summed E-state index contributed by atoms with van der Waals surface area (Å²) in [5, 5.41) is 8.99. The van der Waals surface area contributed by atoms with Crippen LogP contribution in [0.25, 0.3) is 0 Å². The van der Waals surface area contributed by atoms with E-state index >= 15 is 0 Å². The van der Waals surface area contributed by atoms with Gasteiger partial charge in [-0.15, -0.1) is 35.3 Å². The molecule has 0 aromatic heterocycles. The van der Waals surface area contributed by atoms with Crippen LogP contribution in [0.3, 0.4) is 0 Å². The van der Waals surface area contributed by atoms with Crippen LogP contribution in [0, 0.1) is 0 Å². The van der Waals surface area contributed by atoms with Gasteiger partial charge in [-0.05, 0) is 60.8 Å². The highest BCUT2D eigenvalue weighted by molar-refractivity contribution is 8.34. The number of hydrogen-bond acceptors (Lipinski definition) is 6. The second kappa shape index (κ2) is 13.2. The summed E-state index contributed by atoms with van der Waals surface area (Å²) in [6.07, 6.45) is 6.78. The van der Waals surface area contributed by atoms with Crippen molar-refractivity contribution >= 4 is 58.8 Å². The number of hydrogen-bond donors (Lipinski definition) is 1. The Labute approximate surface area is 192 Å². The summed E-state index contributed by atoms with van der Waals surface area (Å²) >= 11 is 8.15. The Morgan fingerprint density at radius 2 is 1.72 bits per heavy atom. The maximum atomic E-state index is 12.9. The molecule has 0 aliphatic carbocycles. The van der Waals surface area contributed by atoms with Crippen LogP contribution < -0.4 is 0 Å². The molecule has 0 spiro atoms. The van der Waals surface area contributed by atoms with Gasteiger partial charge in [0.05, 0.1) is 10.8 Å². The van der Waals surface area contributed by atoms with Crippen molar-refractivity contribution in [3.8, 4) is 0 Å². The smallest absolute Gasteiger partial charge is 0.335 e. The van der Waals surface area contributed by atoms with E-state index in [4.69, 9.17) is 5.11 Å². The largest absolute Gasteiger partial charge is 0.478 e. The molecular weight excluding hydrogens is 441 g/mol. The van der Waals surface area contributed by atoms with Gasteiger partial charge in [0.15, 0.2) is 5.78 Å². The molecule has 0 saturated carbocycles. The molecule has 1 aromatic rings. The minimum Gasteiger partial charge on any atom is -0.478 e. The number of rotatable bonds is 13. The fourth-order valence-corrected chi connectivity index (χ4v) is 10.2. The van der Waals surface area contributed by atoms with Crippen LogP contribution >= 0.6 is 47.0 Å². The van der Waals surface area contributed by atoms with Gasteiger partial charge in [0, 0.05) is 5.56 Å². The Morgan fingerprint density at radius 3 is 2.31 bits per heavy atom. The minimum atomic E-state index is -0.962. The van der Waals surface area contributed by atoms with Crippen LogP contribution in [-0.4, -0.2) is 48.5 Å². The van der Waals surface area contributed by atoms with E-state index in [1.807, 2.05) is 0 Å². The van der Waals surface area contributed by atoms with Gasteiger partial charge in [-0.25, -0.2) is 4.79 Å². The van der Waals surface area contributed by atoms with E-state index in [9.17, 15) is 9.59 Å². The first-order chi connectivity index (χ1) is 14.0. The van der Waals surface area contributed by atoms with E-state index in [1.54, 1.807) is 23.9 Å². The van der Waals surface area contributed by atoms with Crippen molar-refractivity contribution in [3.05, 3.63) is 35.4 Å². The molecule has 162 valence electrons. The molecule has 1 unspecified atom stereocenters. The van der Waals surface area contributed by atoms with Gasteiger partial charge in [0.25, 0.3) is 0 Å². The summed E-state index contributed by atoms with van der Waals surface area (Å²) in [7, 11) is 0. The van der Waals surface area contributed by atoms with Crippen LogP contribution in [0.1, 0.15) is 73.1 Å². The standard InChI is InChI=1S/C22H32O3S4/c1-3-7-19(20(23)17-8-10-18(11-9-17)21(24)25)26-13-5-14-27-22(12-4-2)28-15-6-16-29-22/h8-11,19H,3-7,12-16H2,1-2H3,(H,24,25). The zero-order valence-electron chi connectivity index (χ0n) is 17.4. The maximum Gasteiger partial charge on any atom is 0.335 e. The first kappa shape index (κ1) is 25.0. The predicted octanol–water partition coefficient (Wildman–Crippen LogP) is 6.92. The van der Waals surface area contributed by atoms with Crippen molar-refractivity contribution in [2.75, 3.05) is 23.0 Å². The highest BCUT2D eigenvalue weighted by Gasteiger charge is 2.33. The molecule has 7 heteroatoms. The fraction of sp³-hybridized carbons (Fsp3) is 0.636. The molecule has 1 N–H and O–H groups in total. The van der Waals surface area contributed by atoms with Crippen LogP contribution in [0.15, 0.2) is 24.3 Å². The van der Waals surface area contributed by atoms with E-state index in [0.29, 0.717) is 8.97 Å². The van der Waals surface area contributed by atoms with Gasteiger partial charge in [0.1, 0.15) is 3.41 Å². The molecule has 29 heavy (non-hydrogen) atoms. The molecule has 1 atom stereocenters. The van der Waals surface area contributed by atoms with Gasteiger partial charge in [-0.2, -0.15) is 11.8 Å². The molecular formula is C22H32O3S4. The van der Waals surface area contributed by atoms with Gasteiger partial charge in [0.2, 0.25) is 0 Å². The van der Waals surface area contributed by atoms with E-state index in [-0.39, 0.29) is 16.6 Å². The molecule has 0 amide bonds. The molecule has 0 bridgehead atoms. The second-order valence-corrected chi connectivity index (χ2v) is 13.3. The van der Waals surface area contributed by atoms with E-state index in [2.05, 4.69) is 49.1 Å². The summed E-state index contributed by atoms with van der Waals surface area (Å²) in [5.74, 6) is 3.87. The molecule has 3 nitrogen and oxygen atoms in total. The minimum absolute atomic E-state index is 0.0382. The lowest BCUT2D eigenvalue weighted by Gasteiger charge is -2.35. The van der Waals surface area contributed by atoms with E-state index < -0.39 is 5.97 Å². The lowest BCUT2D eigenvalue weighted by Crippen LogP contribution is -2.22.